The number of rotatable bonds is 1. The number of anilines is 1. The zero-order valence-electron chi connectivity index (χ0n) is 9.87. The van der Waals surface area contributed by atoms with Crippen molar-refractivity contribution in [3.05, 3.63) is 34.6 Å². The van der Waals surface area contributed by atoms with Crippen molar-refractivity contribution in [3.8, 4) is 0 Å². The average molecular weight is 253 g/mol. The van der Waals surface area contributed by atoms with E-state index in [2.05, 4.69) is 10.2 Å². The molecular weight excluding hydrogens is 240 g/mol. The molecule has 1 N–H and O–H groups in total. The molecule has 17 heavy (non-hydrogen) atoms. The van der Waals surface area contributed by atoms with Gasteiger partial charge < -0.3 is 4.74 Å². The maximum absolute atomic E-state index is 11.5. The SMILES string of the molecule is [C-]#[N+]c1ccc(Cl)c(NC(=O)OC(C)(C)C)c1. The topological polar surface area (TPSA) is 42.7 Å². The van der Waals surface area contributed by atoms with Crippen LogP contribution in [0.3, 0.4) is 0 Å². The van der Waals surface area contributed by atoms with E-state index >= 15 is 0 Å². The fraction of sp³-hybridized carbons (Fsp3) is 0.333. The zero-order valence-corrected chi connectivity index (χ0v) is 10.6. The van der Waals surface area contributed by atoms with Crippen molar-refractivity contribution >= 4 is 29.1 Å². The van der Waals surface area contributed by atoms with Crippen molar-refractivity contribution in [3.63, 3.8) is 0 Å². The number of nitrogens with one attached hydrogen (secondary N) is 1. The lowest BCUT2D eigenvalue weighted by Crippen LogP contribution is -2.27. The van der Waals surface area contributed by atoms with Gasteiger partial charge in [0.05, 0.1) is 17.3 Å². The molecule has 1 aromatic rings. The van der Waals surface area contributed by atoms with Crippen LogP contribution in [0, 0.1) is 6.57 Å². The van der Waals surface area contributed by atoms with E-state index in [1.165, 1.54) is 6.07 Å². The van der Waals surface area contributed by atoms with Crippen LogP contribution in [0.4, 0.5) is 16.2 Å². The van der Waals surface area contributed by atoms with Gasteiger partial charge in [0.1, 0.15) is 5.60 Å². The first kappa shape index (κ1) is 13.3. The molecule has 0 bridgehead atoms. The van der Waals surface area contributed by atoms with Crippen LogP contribution in [0.2, 0.25) is 5.02 Å². The van der Waals surface area contributed by atoms with Gasteiger partial charge in [-0.1, -0.05) is 23.7 Å². The third kappa shape index (κ3) is 4.33. The average Bonchev–Trinajstić information content (AvgIpc) is 2.18. The van der Waals surface area contributed by atoms with Crippen LogP contribution in [0.1, 0.15) is 20.8 Å². The number of benzene rings is 1. The first-order chi connectivity index (χ1) is 7.81. The predicted molar refractivity (Wildman–Crippen MR) is 67.6 cm³/mol. The maximum Gasteiger partial charge on any atom is 0.412 e. The number of halogens is 1. The van der Waals surface area contributed by atoms with Crippen LogP contribution in [0.15, 0.2) is 18.2 Å². The summed E-state index contributed by atoms with van der Waals surface area (Å²) in [5.74, 6) is 0. The van der Waals surface area contributed by atoms with Crippen molar-refractivity contribution in [1.82, 2.24) is 0 Å². The Kier molecular flexibility index (Phi) is 3.97. The summed E-state index contributed by atoms with van der Waals surface area (Å²) in [6, 6.07) is 4.64. The molecule has 0 atom stereocenters. The second-order valence-electron chi connectivity index (χ2n) is 4.40. The number of carbonyl (C=O) groups is 1. The summed E-state index contributed by atoms with van der Waals surface area (Å²) in [5.41, 5.74) is 0.198. The van der Waals surface area contributed by atoms with E-state index in [-0.39, 0.29) is 0 Å². The van der Waals surface area contributed by atoms with Gasteiger partial charge in [-0.05, 0) is 26.8 Å². The van der Waals surface area contributed by atoms with Crippen molar-refractivity contribution < 1.29 is 9.53 Å². The molecule has 0 saturated carbocycles. The van der Waals surface area contributed by atoms with Crippen LogP contribution in [-0.4, -0.2) is 11.7 Å². The van der Waals surface area contributed by atoms with Crippen LogP contribution < -0.4 is 5.32 Å². The molecule has 0 aliphatic carbocycles. The van der Waals surface area contributed by atoms with Gasteiger partial charge in [-0.3, -0.25) is 5.32 Å². The standard InChI is InChI=1S/C12H13ClN2O2/c1-12(2,3)17-11(16)15-10-7-8(14-4)5-6-9(10)13/h5-7H,1-3H3,(H,15,16). The van der Waals surface area contributed by atoms with E-state index in [1.807, 2.05) is 0 Å². The Morgan fingerprint density at radius 2 is 2.12 bits per heavy atom. The quantitative estimate of drug-likeness (QED) is 0.760. The Morgan fingerprint density at radius 1 is 1.47 bits per heavy atom. The van der Waals surface area contributed by atoms with Crippen molar-refractivity contribution in [2.75, 3.05) is 5.32 Å². The highest BCUT2D eigenvalue weighted by molar-refractivity contribution is 6.33. The summed E-state index contributed by atoms with van der Waals surface area (Å²) >= 11 is 5.90. The van der Waals surface area contributed by atoms with Crippen LogP contribution >= 0.6 is 11.6 Å². The summed E-state index contributed by atoms with van der Waals surface area (Å²) in [7, 11) is 0. The molecule has 0 unspecified atom stereocenters. The smallest absolute Gasteiger partial charge is 0.412 e. The van der Waals surface area contributed by atoms with Gasteiger partial charge in [-0.25, -0.2) is 9.64 Å². The van der Waals surface area contributed by atoms with Crippen molar-refractivity contribution in [1.29, 1.82) is 0 Å². The van der Waals surface area contributed by atoms with Crippen LogP contribution in [0.5, 0.6) is 0 Å². The summed E-state index contributed by atoms with van der Waals surface area (Å²) in [6.45, 7) is 12.2. The molecule has 0 fully saturated rings. The molecule has 90 valence electrons. The van der Waals surface area contributed by atoms with E-state index in [1.54, 1.807) is 32.9 Å². The molecule has 0 radical (unpaired) electrons. The fourth-order valence-corrected chi connectivity index (χ4v) is 1.26. The molecule has 0 aliphatic rings. The van der Waals surface area contributed by atoms with Crippen molar-refractivity contribution in [2.24, 2.45) is 0 Å². The molecular formula is C12H13ClN2O2. The highest BCUT2D eigenvalue weighted by atomic mass is 35.5. The minimum atomic E-state index is -0.596. The molecule has 4 nitrogen and oxygen atoms in total. The van der Waals surface area contributed by atoms with Gasteiger partial charge in [0, 0.05) is 0 Å². The highest BCUT2D eigenvalue weighted by Gasteiger charge is 2.17. The Bertz CT molecular complexity index is 472. The monoisotopic (exact) mass is 252 g/mol. The maximum atomic E-state index is 11.5. The lowest BCUT2D eigenvalue weighted by molar-refractivity contribution is 0.0636. The molecule has 0 spiro atoms. The zero-order chi connectivity index (χ0) is 13.1. The normalized spacial score (nSPS) is 10.5. The lowest BCUT2D eigenvalue weighted by Gasteiger charge is -2.20. The second-order valence-corrected chi connectivity index (χ2v) is 4.81. The van der Waals surface area contributed by atoms with Crippen LogP contribution in [0.25, 0.3) is 4.85 Å². The highest BCUT2D eigenvalue weighted by Crippen LogP contribution is 2.27. The molecule has 0 heterocycles. The molecule has 0 aromatic heterocycles. The number of nitrogens with zero attached hydrogens (tertiary/aromatic N) is 1. The van der Waals surface area contributed by atoms with E-state index in [0.29, 0.717) is 16.4 Å². The summed E-state index contributed by atoms with van der Waals surface area (Å²) in [4.78, 5) is 14.8. The Labute approximate surface area is 105 Å². The second kappa shape index (κ2) is 5.07. The largest absolute Gasteiger partial charge is 0.444 e. The first-order valence-electron chi connectivity index (χ1n) is 4.99. The van der Waals surface area contributed by atoms with E-state index in [4.69, 9.17) is 22.9 Å². The van der Waals surface area contributed by atoms with Gasteiger partial charge >= 0.3 is 6.09 Å². The number of hydrogen-bond acceptors (Lipinski definition) is 2. The van der Waals surface area contributed by atoms with E-state index in [0.717, 1.165) is 0 Å². The third-order valence-electron chi connectivity index (χ3n) is 1.71. The van der Waals surface area contributed by atoms with Gasteiger partial charge in [-0.15, -0.1) is 0 Å². The first-order valence-corrected chi connectivity index (χ1v) is 5.36. The van der Waals surface area contributed by atoms with E-state index < -0.39 is 11.7 Å². The summed E-state index contributed by atoms with van der Waals surface area (Å²) < 4.78 is 5.08. The lowest BCUT2D eigenvalue weighted by atomic mass is 10.2. The van der Waals surface area contributed by atoms with Crippen molar-refractivity contribution in [2.45, 2.75) is 26.4 Å². The van der Waals surface area contributed by atoms with Gasteiger partial charge in [0.2, 0.25) is 0 Å². The fourth-order valence-electron chi connectivity index (χ4n) is 1.09. The molecule has 0 aliphatic heterocycles. The Balaban J connectivity index is 2.82. The minimum absolute atomic E-state index is 0.364. The number of hydrogen-bond donors (Lipinski definition) is 1. The minimum Gasteiger partial charge on any atom is -0.444 e. The molecule has 5 heteroatoms. The summed E-state index contributed by atoms with van der Waals surface area (Å²) in [5, 5.41) is 2.87. The number of amides is 1. The van der Waals surface area contributed by atoms with Crippen LogP contribution in [-0.2, 0) is 4.74 Å². The predicted octanol–water partition coefficient (Wildman–Crippen LogP) is 4.24. The van der Waals surface area contributed by atoms with Gasteiger partial charge in [0.15, 0.2) is 5.69 Å². The Morgan fingerprint density at radius 3 is 2.65 bits per heavy atom. The van der Waals surface area contributed by atoms with E-state index in [9.17, 15) is 4.79 Å². The van der Waals surface area contributed by atoms with Gasteiger partial charge in [0.25, 0.3) is 0 Å². The molecule has 1 rings (SSSR count). The molecule has 1 aromatic carbocycles. The number of ether oxygens (including phenoxy) is 1. The van der Waals surface area contributed by atoms with Gasteiger partial charge in [-0.2, -0.15) is 0 Å². The third-order valence-corrected chi connectivity index (χ3v) is 2.04. The number of carbonyl (C=O) groups excluding carboxylic acids is 1. The molecule has 0 saturated heterocycles. The Hall–Kier alpha value is -1.73. The molecule has 1 amide bonds. The summed E-state index contributed by atoms with van der Waals surface area (Å²) in [6.07, 6.45) is -0.596.